The van der Waals surface area contributed by atoms with E-state index < -0.39 is 10.0 Å². The van der Waals surface area contributed by atoms with Crippen LogP contribution in [0.2, 0.25) is 0 Å². The molecule has 1 aliphatic rings. The van der Waals surface area contributed by atoms with E-state index in [0.717, 1.165) is 31.4 Å². The zero-order valence-electron chi connectivity index (χ0n) is 16.2. The molecule has 1 aromatic carbocycles. The molecule has 0 atom stereocenters. The Balaban J connectivity index is 1.93. The number of nitrogens with zero attached hydrogens (tertiary/aromatic N) is 1. The highest BCUT2D eigenvalue weighted by atomic mass is 32.2. The maximum atomic E-state index is 12.3. The molecular formula is C20H32N2O3S. The first-order valence-electron chi connectivity index (χ1n) is 9.64. The molecular weight excluding hydrogens is 348 g/mol. The van der Waals surface area contributed by atoms with Gasteiger partial charge < -0.3 is 5.32 Å². The molecule has 0 heterocycles. The number of hydrogen-bond acceptors (Lipinski definition) is 3. The first-order chi connectivity index (χ1) is 12.3. The minimum atomic E-state index is -3.31. The van der Waals surface area contributed by atoms with Gasteiger partial charge in [-0.25, -0.2) is 8.42 Å². The topological polar surface area (TPSA) is 66.5 Å². The highest BCUT2D eigenvalue weighted by Crippen LogP contribution is 2.24. The van der Waals surface area contributed by atoms with Crippen molar-refractivity contribution in [2.24, 2.45) is 0 Å². The Morgan fingerprint density at radius 1 is 1.12 bits per heavy atom. The molecule has 1 amide bonds. The Bertz CT molecular complexity index is 676. The van der Waals surface area contributed by atoms with Crippen molar-refractivity contribution in [1.82, 2.24) is 4.31 Å². The molecule has 0 spiro atoms. The molecule has 1 aliphatic carbocycles. The van der Waals surface area contributed by atoms with E-state index in [1.807, 2.05) is 24.3 Å². The Morgan fingerprint density at radius 2 is 1.69 bits per heavy atom. The summed E-state index contributed by atoms with van der Waals surface area (Å²) in [7, 11) is -3.31. The minimum absolute atomic E-state index is 0.0330. The van der Waals surface area contributed by atoms with E-state index in [0.29, 0.717) is 5.92 Å². The van der Waals surface area contributed by atoms with Crippen LogP contribution in [0.5, 0.6) is 0 Å². The Kier molecular flexibility index (Phi) is 7.65. The second-order valence-electron chi connectivity index (χ2n) is 7.59. The minimum Gasteiger partial charge on any atom is -0.326 e. The first kappa shape index (κ1) is 20.9. The van der Waals surface area contributed by atoms with Gasteiger partial charge in [-0.1, -0.05) is 51.7 Å². The van der Waals surface area contributed by atoms with Crippen molar-refractivity contribution in [1.29, 1.82) is 0 Å². The van der Waals surface area contributed by atoms with E-state index in [-0.39, 0.29) is 24.9 Å². The van der Waals surface area contributed by atoms with Gasteiger partial charge in [0.05, 0.1) is 6.26 Å². The Morgan fingerprint density at radius 3 is 2.19 bits per heavy atom. The summed E-state index contributed by atoms with van der Waals surface area (Å²) in [6.07, 6.45) is 7.67. The molecule has 0 aromatic heterocycles. The maximum absolute atomic E-state index is 12.3. The predicted octanol–water partition coefficient (Wildman–Crippen LogP) is 4.12. The maximum Gasteiger partial charge on any atom is 0.225 e. The monoisotopic (exact) mass is 380 g/mol. The Labute approximate surface area is 158 Å². The average Bonchev–Trinajstić information content (AvgIpc) is 2.83. The first-order valence-corrected chi connectivity index (χ1v) is 11.5. The van der Waals surface area contributed by atoms with E-state index in [4.69, 9.17) is 0 Å². The van der Waals surface area contributed by atoms with Gasteiger partial charge in [0, 0.05) is 24.7 Å². The highest BCUT2D eigenvalue weighted by Gasteiger charge is 2.27. The summed E-state index contributed by atoms with van der Waals surface area (Å²) < 4.78 is 26.0. The lowest BCUT2D eigenvalue weighted by atomic mass is 10.0. The van der Waals surface area contributed by atoms with E-state index >= 15 is 0 Å². The highest BCUT2D eigenvalue weighted by molar-refractivity contribution is 7.88. The molecule has 2 rings (SSSR count). The fraction of sp³-hybridized carbons (Fsp3) is 0.650. The number of carbonyl (C=O) groups is 1. The molecule has 0 aliphatic heterocycles. The number of hydrogen-bond donors (Lipinski definition) is 1. The van der Waals surface area contributed by atoms with Crippen molar-refractivity contribution >= 4 is 21.6 Å². The van der Waals surface area contributed by atoms with Crippen LogP contribution in [0.15, 0.2) is 24.3 Å². The third-order valence-corrected chi connectivity index (χ3v) is 6.41. The van der Waals surface area contributed by atoms with Crippen LogP contribution in [0, 0.1) is 0 Å². The van der Waals surface area contributed by atoms with Gasteiger partial charge in [0.2, 0.25) is 15.9 Å². The zero-order valence-corrected chi connectivity index (χ0v) is 17.0. The van der Waals surface area contributed by atoms with Crippen LogP contribution in [0.25, 0.3) is 0 Å². The second-order valence-corrected chi connectivity index (χ2v) is 9.53. The van der Waals surface area contributed by atoms with Crippen LogP contribution < -0.4 is 5.32 Å². The van der Waals surface area contributed by atoms with Gasteiger partial charge >= 0.3 is 0 Å². The van der Waals surface area contributed by atoms with Crippen LogP contribution >= 0.6 is 0 Å². The van der Waals surface area contributed by atoms with Crippen molar-refractivity contribution in [3.63, 3.8) is 0 Å². The molecule has 146 valence electrons. The van der Waals surface area contributed by atoms with Gasteiger partial charge in [0.25, 0.3) is 0 Å². The number of nitrogens with one attached hydrogen (secondary N) is 1. The van der Waals surface area contributed by atoms with Crippen molar-refractivity contribution in [2.75, 3.05) is 18.1 Å². The SMILES string of the molecule is CC(C)c1ccc(NC(=O)CCN(C2CCCCCC2)S(C)(=O)=O)cc1. The summed E-state index contributed by atoms with van der Waals surface area (Å²) in [6.45, 7) is 4.50. The number of sulfonamides is 1. The molecule has 6 heteroatoms. The summed E-state index contributed by atoms with van der Waals surface area (Å²) in [5.74, 6) is 0.298. The fourth-order valence-corrected chi connectivity index (χ4v) is 4.73. The standard InChI is InChI=1S/C20H32N2O3S/c1-16(2)17-10-12-18(13-11-17)21-20(23)14-15-22(26(3,24)25)19-8-6-4-5-7-9-19/h10-13,16,19H,4-9,14-15H2,1-3H3,(H,21,23). The van der Waals surface area contributed by atoms with Crippen molar-refractivity contribution in [3.05, 3.63) is 29.8 Å². The molecule has 0 radical (unpaired) electrons. The van der Waals surface area contributed by atoms with Crippen molar-refractivity contribution < 1.29 is 13.2 Å². The lowest BCUT2D eigenvalue weighted by Crippen LogP contribution is -2.41. The molecule has 1 fully saturated rings. The average molecular weight is 381 g/mol. The molecule has 1 N–H and O–H groups in total. The lowest BCUT2D eigenvalue weighted by molar-refractivity contribution is -0.116. The summed E-state index contributed by atoms with van der Waals surface area (Å²) in [5, 5.41) is 2.87. The Hall–Kier alpha value is -1.40. The van der Waals surface area contributed by atoms with Gasteiger partial charge in [-0.2, -0.15) is 4.31 Å². The molecule has 0 saturated heterocycles. The number of amides is 1. The molecule has 5 nitrogen and oxygen atoms in total. The van der Waals surface area contributed by atoms with Crippen LogP contribution in [0.4, 0.5) is 5.69 Å². The van der Waals surface area contributed by atoms with Crippen LogP contribution in [-0.4, -0.2) is 37.5 Å². The molecule has 1 aromatic rings. The zero-order chi connectivity index (χ0) is 19.2. The number of carbonyl (C=O) groups excluding carboxylic acids is 1. The number of anilines is 1. The summed E-state index contributed by atoms with van der Waals surface area (Å²) in [5.41, 5.74) is 1.97. The predicted molar refractivity (Wildman–Crippen MR) is 107 cm³/mol. The van der Waals surface area contributed by atoms with Crippen LogP contribution in [0.1, 0.15) is 70.3 Å². The summed E-state index contributed by atoms with van der Waals surface area (Å²) >= 11 is 0. The van der Waals surface area contributed by atoms with Crippen LogP contribution in [-0.2, 0) is 14.8 Å². The van der Waals surface area contributed by atoms with E-state index in [1.54, 1.807) is 4.31 Å². The van der Waals surface area contributed by atoms with Crippen molar-refractivity contribution in [2.45, 2.75) is 70.8 Å². The molecule has 1 saturated carbocycles. The normalized spacial score (nSPS) is 16.7. The van der Waals surface area contributed by atoms with Gasteiger partial charge in [-0.15, -0.1) is 0 Å². The van der Waals surface area contributed by atoms with E-state index in [9.17, 15) is 13.2 Å². The van der Waals surface area contributed by atoms with E-state index in [2.05, 4.69) is 19.2 Å². The van der Waals surface area contributed by atoms with Gasteiger partial charge in [0.1, 0.15) is 0 Å². The molecule has 26 heavy (non-hydrogen) atoms. The van der Waals surface area contributed by atoms with Gasteiger partial charge in [-0.05, 0) is 36.5 Å². The fourth-order valence-electron chi connectivity index (χ4n) is 3.55. The third kappa shape index (κ3) is 6.40. The third-order valence-electron chi connectivity index (χ3n) is 5.08. The number of rotatable bonds is 7. The second kappa shape index (κ2) is 9.51. The van der Waals surface area contributed by atoms with Gasteiger partial charge in [-0.3, -0.25) is 4.79 Å². The molecule has 0 bridgehead atoms. The molecule has 0 unspecified atom stereocenters. The number of benzene rings is 1. The van der Waals surface area contributed by atoms with Crippen molar-refractivity contribution in [3.8, 4) is 0 Å². The smallest absolute Gasteiger partial charge is 0.225 e. The summed E-state index contributed by atoms with van der Waals surface area (Å²) in [4.78, 5) is 12.3. The largest absolute Gasteiger partial charge is 0.326 e. The van der Waals surface area contributed by atoms with E-state index in [1.165, 1.54) is 24.7 Å². The quantitative estimate of drug-likeness (QED) is 0.724. The van der Waals surface area contributed by atoms with Crippen LogP contribution in [0.3, 0.4) is 0 Å². The lowest BCUT2D eigenvalue weighted by Gasteiger charge is -2.28. The van der Waals surface area contributed by atoms with Gasteiger partial charge in [0.15, 0.2) is 0 Å². The summed E-state index contributed by atoms with van der Waals surface area (Å²) in [6, 6.07) is 7.84.